The Morgan fingerprint density at radius 3 is 2.45 bits per heavy atom. The van der Waals surface area contributed by atoms with Crippen LogP contribution in [0.5, 0.6) is 0 Å². The van der Waals surface area contributed by atoms with Gasteiger partial charge in [-0.15, -0.1) is 0 Å². The minimum absolute atomic E-state index is 0.0154. The average molecular weight is 467 g/mol. The van der Waals surface area contributed by atoms with E-state index in [2.05, 4.69) is 13.8 Å². The number of aliphatic hydroxyl groups excluding tert-OH is 2. The molecule has 0 saturated heterocycles. The van der Waals surface area contributed by atoms with Crippen LogP contribution in [0.15, 0.2) is 0 Å². The number of hydrogen-bond donors (Lipinski definition) is 5. The molecule has 4 aliphatic carbocycles. The summed E-state index contributed by atoms with van der Waals surface area (Å²) in [6, 6.07) is 0.324. The van der Waals surface area contributed by atoms with Crippen molar-refractivity contribution in [2.75, 3.05) is 13.2 Å². The van der Waals surface area contributed by atoms with E-state index in [1.54, 1.807) is 0 Å². The molecule has 0 aromatic heterocycles. The summed E-state index contributed by atoms with van der Waals surface area (Å²) < 4.78 is 0. The summed E-state index contributed by atoms with van der Waals surface area (Å²) in [4.78, 5) is 25.7. The molecule has 0 aliphatic heterocycles. The lowest BCUT2D eigenvalue weighted by Gasteiger charge is -2.60. The first kappa shape index (κ1) is 26.7. The van der Waals surface area contributed by atoms with Gasteiger partial charge in [-0.1, -0.05) is 20.8 Å². The first-order chi connectivity index (χ1) is 15.5. The molecule has 4 fully saturated rings. The Balaban J connectivity index is 0.000000383. The molecular weight excluding hydrogens is 420 g/mol. The summed E-state index contributed by atoms with van der Waals surface area (Å²) in [5.41, 5.74) is 8.32. The first-order valence-corrected chi connectivity index (χ1v) is 13.0. The lowest BCUT2D eigenvalue weighted by molar-refractivity contribution is -0.180. The Bertz CT molecular complexity index is 731. The molecule has 0 amide bonds. The molecular formula is C26H46N2O5. The maximum absolute atomic E-state index is 13.4. The van der Waals surface area contributed by atoms with Crippen LogP contribution in [-0.2, 0) is 9.59 Å². The van der Waals surface area contributed by atoms with Crippen LogP contribution in [0.1, 0.15) is 85.0 Å². The molecule has 7 N–H and O–H groups in total. The van der Waals surface area contributed by atoms with Crippen molar-refractivity contribution in [3.8, 4) is 0 Å². The van der Waals surface area contributed by atoms with Gasteiger partial charge >= 0.3 is 0 Å². The third kappa shape index (κ3) is 4.44. The van der Waals surface area contributed by atoms with Crippen molar-refractivity contribution in [3.05, 3.63) is 0 Å². The molecule has 0 spiro atoms. The highest BCUT2D eigenvalue weighted by Crippen LogP contribution is 2.67. The quantitative estimate of drug-likeness (QED) is 0.416. The van der Waals surface area contributed by atoms with Crippen LogP contribution in [0.4, 0.5) is 0 Å². The Labute approximate surface area is 198 Å². The Hall–Kier alpha value is -0.860. The van der Waals surface area contributed by atoms with Gasteiger partial charge in [-0.3, -0.25) is 9.59 Å². The second-order valence-corrected chi connectivity index (χ2v) is 11.7. The van der Waals surface area contributed by atoms with E-state index in [4.69, 9.17) is 11.5 Å². The summed E-state index contributed by atoms with van der Waals surface area (Å²) >= 11 is 0. The minimum Gasteiger partial charge on any atom is -0.393 e. The van der Waals surface area contributed by atoms with Crippen molar-refractivity contribution in [2.24, 2.45) is 46.0 Å². The van der Waals surface area contributed by atoms with Crippen molar-refractivity contribution >= 4 is 11.6 Å². The highest BCUT2D eigenvalue weighted by atomic mass is 16.3. The smallest absolute Gasteiger partial charge is 0.190 e. The standard InChI is InChI=1S/C21H32O5.C5H14N2/c1-19-7-5-13(23)9-12(19)3-4-14-15-6-8-21(26,17(25)11-22)20(15,2)10-16(24)18(14)19;1-2-5(7)3-4-6/h12-15,18,22-23,26H,3-11H2,1-2H3;5H,2-4,6-7H2,1H3/t12-,13-,14+,15+,18-,19+,20+,21+;/m1./s1. The third-order valence-corrected chi connectivity index (χ3v) is 10.1. The fourth-order valence-electron chi connectivity index (χ4n) is 8.06. The van der Waals surface area contributed by atoms with Gasteiger partial charge in [-0.05, 0) is 87.5 Å². The molecule has 7 nitrogen and oxygen atoms in total. The molecule has 33 heavy (non-hydrogen) atoms. The SMILES string of the molecule is CCC(N)CCN.C[C@]12CC[C@@H](O)C[C@H]1CC[C@@H]1[C@@H]2C(=O)C[C@@]2(C)[C@H]1CC[C@]2(O)C(=O)CO. The van der Waals surface area contributed by atoms with E-state index in [0.29, 0.717) is 18.4 Å². The molecule has 0 radical (unpaired) electrons. The zero-order chi connectivity index (χ0) is 24.6. The molecule has 0 aromatic carbocycles. The van der Waals surface area contributed by atoms with Crippen LogP contribution >= 0.6 is 0 Å². The van der Waals surface area contributed by atoms with Gasteiger partial charge in [0.05, 0.1) is 6.10 Å². The summed E-state index contributed by atoms with van der Waals surface area (Å²) in [5.74, 6) is 0.380. The molecule has 190 valence electrons. The summed E-state index contributed by atoms with van der Waals surface area (Å²) in [7, 11) is 0. The van der Waals surface area contributed by atoms with Gasteiger partial charge in [-0.2, -0.15) is 0 Å². The predicted octanol–water partition coefficient (Wildman–Crippen LogP) is 1.93. The van der Waals surface area contributed by atoms with Gasteiger partial charge in [0.2, 0.25) is 0 Å². The van der Waals surface area contributed by atoms with Gasteiger partial charge in [0.15, 0.2) is 5.78 Å². The van der Waals surface area contributed by atoms with E-state index >= 15 is 0 Å². The molecule has 0 heterocycles. The topological polar surface area (TPSA) is 147 Å². The van der Waals surface area contributed by atoms with E-state index in [1.165, 1.54) is 0 Å². The Morgan fingerprint density at radius 2 is 1.88 bits per heavy atom. The van der Waals surface area contributed by atoms with Crippen LogP contribution in [0.2, 0.25) is 0 Å². The zero-order valence-electron chi connectivity index (χ0n) is 20.8. The predicted molar refractivity (Wildman–Crippen MR) is 127 cm³/mol. The normalized spacial score (nSPS) is 45.2. The van der Waals surface area contributed by atoms with Gasteiger partial charge < -0.3 is 26.8 Å². The number of aliphatic hydroxyl groups is 3. The van der Waals surface area contributed by atoms with Crippen LogP contribution in [0.25, 0.3) is 0 Å². The van der Waals surface area contributed by atoms with Gasteiger partial charge in [0.25, 0.3) is 0 Å². The molecule has 4 aliphatic rings. The Morgan fingerprint density at radius 1 is 1.18 bits per heavy atom. The summed E-state index contributed by atoms with van der Waals surface area (Å²) in [5, 5.41) is 30.6. The second kappa shape index (κ2) is 10.0. The van der Waals surface area contributed by atoms with E-state index < -0.39 is 23.4 Å². The molecule has 4 saturated carbocycles. The monoisotopic (exact) mass is 466 g/mol. The van der Waals surface area contributed by atoms with Crippen molar-refractivity contribution in [2.45, 2.75) is 103 Å². The van der Waals surface area contributed by atoms with Crippen molar-refractivity contribution in [1.29, 1.82) is 0 Å². The zero-order valence-corrected chi connectivity index (χ0v) is 20.8. The number of nitrogens with two attached hydrogens (primary N) is 2. The highest BCUT2D eigenvalue weighted by Gasteiger charge is 2.68. The van der Waals surface area contributed by atoms with Gasteiger partial charge in [0, 0.05) is 23.8 Å². The van der Waals surface area contributed by atoms with E-state index in [-0.39, 0.29) is 41.5 Å². The third-order valence-electron chi connectivity index (χ3n) is 10.1. The first-order valence-electron chi connectivity index (χ1n) is 13.0. The van der Waals surface area contributed by atoms with Gasteiger partial charge in [-0.25, -0.2) is 0 Å². The molecule has 1 unspecified atom stereocenters. The lowest BCUT2D eigenvalue weighted by Crippen LogP contribution is -2.62. The number of carbonyl (C=O) groups is 2. The molecule has 9 atom stereocenters. The van der Waals surface area contributed by atoms with Crippen LogP contribution in [0.3, 0.4) is 0 Å². The van der Waals surface area contributed by atoms with E-state index in [9.17, 15) is 24.9 Å². The molecule has 4 rings (SSSR count). The number of fused-ring (bicyclic) bond motifs is 5. The minimum atomic E-state index is -1.58. The Kier molecular flexibility index (Phi) is 8.12. The number of hydrogen-bond acceptors (Lipinski definition) is 7. The molecule has 7 heteroatoms. The average Bonchev–Trinajstić information content (AvgIpc) is 3.05. The summed E-state index contributed by atoms with van der Waals surface area (Å²) in [6.07, 6.45) is 7.47. The van der Waals surface area contributed by atoms with E-state index in [1.807, 2.05) is 6.92 Å². The number of rotatable bonds is 5. The maximum atomic E-state index is 13.4. The van der Waals surface area contributed by atoms with Crippen LogP contribution in [-0.4, -0.2) is 57.8 Å². The second-order valence-electron chi connectivity index (χ2n) is 11.7. The number of carbonyl (C=O) groups excluding carboxylic acids is 2. The van der Waals surface area contributed by atoms with Crippen molar-refractivity contribution < 1.29 is 24.9 Å². The highest BCUT2D eigenvalue weighted by molar-refractivity contribution is 5.92. The molecule has 0 aromatic rings. The number of Topliss-reactive ketones (excluding diaryl/α,β-unsaturated/α-hetero) is 2. The van der Waals surface area contributed by atoms with Crippen LogP contribution < -0.4 is 11.5 Å². The lowest BCUT2D eigenvalue weighted by atomic mass is 9.44. The van der Waals surface area contributed by atoms with E-state index in [0.717, 1.165) is 57.9 Å². The van der Waals surface area contributed by atoms with Gasteiger partial charge in [0.1, 0.15) is 18.0 Å². The van der Waals surface area contributed by atoms with Crippen LogP contribution in [0, 0.1) is 34.5 Å². The van der Waals surface area contributed by atoms with Crippen molar-refractivity contribution in [3.63, 3.8) is 0 Å². The number of ketones is 2. The van der Waals surface area contributed by atoms with Crippen molar-refractivity contribution in [1.82, 2.24) is 0 Å². The largest absolute Gasteiger partial charge is 0.393 e. The maximum Gasteiger partial charge on any atom is 0.190 e. The molecule has 0 bridgehead atoms. The fourth-order valence-corrected chi connectivity index (χ4v) is 8.06. The fraction of sp³-hybridized carbons (Fsp3) is 0.923. The summed E-state index contributed by atoms with van der Waals surface area (Å²) in [6.45, 7) is 6.25.